The van der Waals surface area contributed by atoms with Gasteiger partial charge in [-0.3, -0.25) is 0 Å². The summed E-state index contributed by atoms with van der Waals surface area (Å²) in [6.07, 6.45) is 0. The van der Waals surface area contributed by atoms with Gasteiger partial charge in [0.2, 0.25) is 0 Å². The van der Waals surface area contributed by atoms with Crippen molar-refractivity contribution in [2.75, 3.05) is 41.0 Å². The maximum atomic E-state index is 10.4. The average molecular weight is 213 g/mol. The van der Waals surface area contributed by atoms with Gasteiger partial charge in [-0.2, -0.15) is 0 Å². The molecular formula is C6H18N2O4P+. The molecule has 3 N–H and O–H groups in total. The molecule has 0 fully saturated rings. The number of nitrogens with zero attached hydrogens (tertiary/aromatic N) is 1. The lowest BCUT2D eigenvalue weighted by Gasteiger charge is -2.28. The van der Waals surface area contributed by atoms with Crippen LogP contribution in [0.15, 0.2) is 0 Å². The number of phosphoric ester groups is 1. The zero-order valence-electron chi connectivity index (χ0n) is 8.23. The third-order valence-electron chi connectivity index (χ3n) is 1.54. The van der Waals surface area contributed by atoms with Gasteiger partial charge in [-0.25, -0.2) is 9.09 Å². The van der Waals surface area contributed by atoms with Crippen LogP contribution >= 0.6 is 7.82 Å². The zero-order valence-corrected chi connectivity index (χ0v) is 9.12. The Morgan fingerprint density at radius 1 is 1.46 bits per heavy atom. The molecule has 0 saturated heterocycles. The molecule has 0 spiro atoms. The van der Waals surface area contributed by atoms with Crippen molar-refractivity contribution in [1.82, 2.24) is 5.32 Å². The van der Waals surface area contributed by atoms with Crippen LogP contribution in [0, 0.1) is 0 Å². The van der Waals surface area contributed by atoms with E-state index in [9.17, 15) is 4.57 Å². The summed E-state index contributed by atoms with van der Waals surface area (Å²) < 4.78 is 15.2. The van der Waals surface area contributed by atoms with Crippen LogP contribution in [0.2, 0.25) is 0 Å². The van der Waals surface area contributed by atoms with Crippen LogP contribution < -0.4 is 5.32 Å². The monoisotopic (exact) mass is 213 g/mol. The van der Waals surface area contributed by atoms with Crippen LogP contribution in [-0.2, 0) is 9.09 Å². The first kappa shape index (κ1) is 13.0. The smallest absolute Gasteiger partial charge is 0.315 e. The van der Waals surface area contributed by atoms with Gasteiger partial charge in [-0.1, -0.05) is 0 Å². The van der Waals surface area contributed by atoms with Crippen molar-refractivity contribution in [3.8, 4) is 0 Å². The molecular weight excluding hydrogens is 195 g/mol. The van der Waals surface area contributed by atoms with Crippen LogP contribution in [0.3, 0.4) is 0 Å². The van der Waals surface area contributed by atoms with Gasteiger partial charge in [0.25, 0.3) is 0 Å². The number of rotatable bonds is 6. The molecule has 0 bridgehead atoms. The number of hydrogen-bond donors (Lipinski definition) is 3. The third kappa shape index (κ3) is 8.36. The van der Waals surface area contributed by atoms with Crippen molar-refractivity contribution in [2.24, 2.45) is 0 Å². The SMILES string of the molecule is CNCC[N+](C)(C)COP(=O)(O)O. The number of phosphoric acid groups is 1. The number of quaternary nitrogens is 1. The largest absolute Gasteiger partial charge is 0.474 e. The lowest BCUT2D eigenvalue weighted by atomic mass is 10.5. The van der Waals surface area contributed by atoms with Crippen LogP contribution in [0.5, 0.6) is 0 Å². The molecule has 0 aromatic heterocycles. The van der Waals surface area contributed by atoms with Gasteiger partial charge < -0.3 is 19.6 Å². The summed E-state index contributed by atoms with van der Waals surface area (Å²) >= 11 is 0. The number of nitrogens with one attached hydrogen (secondary N) is 1. The fourth-order valence-corrected chi connectivity index (χ4v) is 1.17. The second-order valence-electron chi connectivity index (χ2n) is 3.51. The highest BCUT2D eigenvalue weighted by atomic mass is 31.2. The van der Waals surface area contributed by atoms with Crippen LogP contribution in [0.4, 0.5) is 0 Å². The fourth-order valence-electron chi connectivity index (χ4n) is 0.711. The van der Waals surface area contributed by atoms with E-state index in [2.05, 4.69) is 9.84 Å². The van der Waals surface area contributed by atoms with Gasteiger partial charge in [-0.15, -0.1) is 0 Å². The summed E-state index contributed by atoms with van der Waals surface area (Å²) in [5, 5.41) is 2.96. The molecule has 7 heteroatoms. The topological polar surface area (TPSA) is 78.8 Å². The van der Waals surface area contributed by atoms with E-state index in [-0.39, 0.29) is 6.73 Å². The molecule has 0 aromatic carbocycles. The molecule has 0 heterocycles. The summed E-state index contributed by atoms with van der Waals surface area (Å²) in [6, 6.07) is 0. The minimum atomic E-state index is -4.33. The predicted octanol–water partition coefficient (Wildman–Crippen LogP) is -0.651. The molecule has 0 unspecified atom stereocenters. The number of likely N-dealkylation sites (N-methyl/N-ethyl adjacent to an activating group) is 2. The summed E-state index contributed by atoms with van der Waals surface area (Å²) in [4.78, 5) is 16.9. The first-order valence-electron chi connectivity index (χ1n) is 3.93. The van der Waals surface area contributed by atoms with Gasteiger partial charge >= 0.3 is 7.82 Å². The molecule has 80 valence electrons. The Kier molecular flexibility index (Phi) is 5.06. The molecule has 0 rings (SSSR count). The first-order chi connectivity index (χ1) is 5.77. The summed E-state index contributed by atoms with van der Waals surface area (Å²) in [7, 11) is 1.17. The molecule has 0 amide bonds. The Bertz CT molecular complexity index is 191. The highest BCUT2D eigenvalue weighted by Crippen LogP contribution is 2.36. The van der Waals surface area contributed by atoms with Crippen molar-refractivity contribution in [3.05, 3.63) is 0 Å². The van der Waals surface area contributed by atoms with Gasteiger partial charge in [0.05, 0.1) is 20.6 Å². The van der Waals surface area contributed by atoms with Crippen molar-refractivity contribution < 1.29 is 23.4 Å². The lowest BCUT2D eigenvalue weighted by Crippen LogP contribution is -2.45. The Morgan fingerprint density at radius 2 is 2.00 bits per heavy atom. The average Bonchev–Trinajstić information content (AvgIpc) is 1.97. The van der Waals surface area contributed by atoms with Crippen LogP contribution in [0.25, 0.3) is 0 Å². The molecule has 0 aliphatic heterocycles. The second kappa shape index (κ2) is 5.05. The summed E-state index contributed by atoms with van der Waals surface area (Å²) in [5.74, 6) is 0. The normalized spacial score (nSPS) is 13.3. The van der Waals surface area contributed by atoms with E-state index < -0.39 is 7.82 Å². The highest BCUT2D eigenvalue weighted by Gasteiger charge is 2.22. The van der Waals surface area contributed by atoms with E-state index >= 15 is 0 Å². The molecule has 6 nitrogen and oxygen atoms in total. The summed E-state index contributed by atoms with van der Waals surface area (Å²) in [6.45, 7) is 1.53. The molecule has 0 aromatic rings. The van der Waals surface area contributed by atoms with Gasteiger partial charge in [-0.05, 0) is 7.05 Å². The zero-order chi connectivity index (χ0) is 10.5. The molecule has 0 atom stereocenters. The maximum Gasteiger partial charge on any atom is 0.474 e. The van der Waals surface area contributed by atoms with Crippen molar-refractivity contribution in [3.63, 3.8) is 0 Å². The van der Waals surface area contributed by atoms with Crippen molar-refractivity contribution in [1.29, 1.82) is 0 Å². The Labute approximate surface area is 78.3 Å². The van der Waals surface area contributed by atoms with Crippen LogP contribution in [0.1, 0.15) is 0 Å². The van der Waals surface area contributed by atoms with Gasteiger partial charge in [0, 0.05) is 6.54 Å². The minimum Gasteiger partial charge on any atom is -0.315 e. The van der Waals surface area contributed by atoms with E-state index in [0.29, 0.717) is 4.48 Å². The van der Waals surface area contributed by atoms with E-state index in [1.165, 1.54) is 0 Å². The molecule has 0 aliphatic carbocycles. The minimum absolute atomic E-state index is 0.00591. The van der Waals surface area contributed by atoms with Crippen molar-refractivity contribution in [2.45, 2.75) is 0 Å². The van der Waals surface area contributed by atoms with Crippen molar-refractivity contribution >= 4 is 7.82 Å². The first-order valence-corrected chi connectivity index (χ1v) is 5.46. The second-order valence-corrected chi connectivity index (χ2v) is 4.75. The summed E-state index contributed by atoms with van der Waals surface area (Å²) in [5.41, 5.74) is 0. The number of hydrogen-bond acceptors (Lipinski definition) is 3. The lowest BCUT2D eigenvalue weighted by molar-refractivity contribution is -0.905. The highest BCUT2D eigenvalue weighted by molar-refractivity contribution is 7.46. The molecule has 0 saturated carbocycles. The van der Waals surface area contributed by atoms with E-state index in [1.54, 1.807) is 0 Å². The molecule has 13 heavy (non-hydrogen) atoms. The van der Waals surface area contributed by atoms with Crippen LogP contribution in [-0.4, -0.2) is 55.2 Å². The fraction of sp³-hybridized carbons (Fsp3) is 1.00. The Morgan fingerprint density at radius 3 is 2.38 bits per heavy atom. The van der Waals surface area contributed by atoms with Gasteiger partial charge in [0.15, 0.2) is 6.73 Å². The van der Waals surface area contributed by atoms with E-state index in [4.69, 9.17) is 9.79 Å². The molecule has 0 aliphatic rings. The molecule has 0 radical (unpaired) electrons. The maximum absolute atomic E-state index is 10.4. The standard InChI is InChI=1S/C6H17N2O4P/c1-7-4-5-8(2,3)6-12-13(9,10)11/h7H,4-6H2,1-3H3,(H-,9,10,11)/p+1. The van der Waals surface area contributed by atoms with E-state index in [0.717, 1.165) is 13.1 Å². The van der Waals surface area contributed by atoms with E-state index in [1.807, 2.05) is 21.1 Å². The third-order valence-corrected chi connectivity index (χ3v) is 1.99. The van der Waals surface area contributed by atoms with Gasteiger partial charge in [0.1, 0.15) is 0 Å². The quantitative estimate of drug-likeness (QED) is 0.310. The Balaban J connectivity index is 3.82. The Hall–Kier alpha value is 0.0300. The predicted molar refractivity (Wildman–Crippen MR) is 48.9 cm³/mol.